The van der Waals surface area contributed by atoms with Crippen LogP contribution in [0.1, 0.15) is 5.56 Å². The van der Waals surface area contributed by atoms with Crippen LogP contribution in [-0.2, 0) is 0 Å². The highest BCUT2D eigenvalue weighted by atomic mass is 28.3. The molecule has 0 saturated heterocycles. The van der Waals surface area contributed by atoms with Gasteiger partial charge >= 0.3 is 0 Å². The first kappa shape index (κ1) is 38.0. The van der Waals surface area contributed by atoms with E-state index < -0.39 is 8.07 Å². The van der Waals surface area contributed by atoms with Crippen molar-refractivity contribution in [2.75, 3.05) is 0 Å². The number of aromatic nitrogens is 4. The van der Waals surface area contributed by atoms with Crippen LogP contribution in [0.3, 0.4) is 0 Å². The fraction of sp³-hybridized carbons (Fsp3) is 0.0172. The topological polar surface area (TPSA) is 43.6 Å². The van der Waals surface area contributed by atoms with Crippen molar-refractivity contribution in [3.63, 3.8) is 0 Å². The lowest BCUT2D eigenvalue weighted by Gasteiger charge is -2.34. The summed E-state index contributed by atoms with van der Waals surface area (Å²) in [5.41, 5.74) is 9.48. The minimum Gasteiger partial charge on any atom is -0.308 e. The van der Waals surface area contributed by atoms with Gasteiger partial charge in [-0.15, -0.1) is 0 Å². The SMILES string of the molecule is Cc1ccc2c(c1)c1ccccc1n2-c1cc(-c2cccc([Si](c3ccccc3)(c3ccccc3)c3ccccc3)c2)ccc1-c1nc(-c2ccccc2)nc(-c2ccccc2)n1. The van der Waals surface area contributed by atoms with Gasteiger partial charge in [-0.05, 0) is 69.1 Å². The Morgan fingerprint density at radius 3 is 1.38 bits per heavy atom. The third-order valence-electron chi connectivity index (χ3n) is 12.3. The maximum atomic E-state index is 5.26. The molecule has 0 saturated carbocycles. The van der Waals surface area contributed by atoms with Crippen molar-refractivity contribution < 1.29 is 0 Å². The van der Waals surface area contributed by atoms with Crippen LogP contribution in [0.4, 0.5) is 0 Å². The quantitative estimate of drug-likeness (QED) is 0.108. The predicted octanol–water partition coefficient (Wildman–Crippen LogP) is 11.3. The summed E-state index contributed by atoms with van der Waals surface area (Å²) in [5.74, 6) is 1.87. The molecule has 11 aromatic rings. The first-order valence-corrected chi connectivity index (χ1v) is 23.4. The van der Waals surface area contributed by atoms with Gasteiger partial charge in [0.05, 0.1) is 16.7 Å². The highest BCUT2D eigenvalue weighted by molar-refractivity contribution is 7.19. The van der Waals surface area contributed by atoms with Gasteiger partial charge in [0.2, 0.25) is 0 Å². The number of aryl methyl sites for hydroxylation is 1. The summed E-state index contributed by atoms with van der Waals surface area (Å²) >= 11 is 0. The van der Waals surface area contributed by atoms with Crippen LogP contribution in [0, 0.1) is 6.92 Å². The third-order valence-corrected chi connectivity index (χ3v) is 17.0. The second-order valence-electron chi connectivity index (χ2n) is 16.1. The molecule has 0 bridgehead atoms. The molecular weight excluding hydrogens is 781 g/mol. The van der Waals surface area contributed by atoms with Gasteiger partial charge in [-0.3, -0.25) is 0 Å². The smallest absolute Gasteiger partial charge is 0.179 e. The summed E-state index contributed by atoms with van der Waals surface area (Å²) in [6, 6.07) is 85.2. The molecular formula is C58H42N4Si. The number of para-hydroxylation sites is 1. The van der Waals surface area contributed by atoms with E-state index in [4.69, 9.17) is 15.0 Å². The number of hydrogen-bond donors (Lipinski definition) is 0. The van der Waals surface area contributed by atoms with E-state index >= 15 is 0 Å². The molecule has 9 aromatic carbocycles. The van der Waals surface area contributed by atoms with Crippen LogP contribution in [-0.4, -0.2) is 27.6 Å². The number of fused-ring (bicyclic) bond motifs is 3. The fourth-order valence-electron chi connectivity index (χ4n) is 9.36. The molecule has 0 fully saturated rings. The molecule has 5 heteroatoms. The van der Waals surface area contributed by atoms with E-state index in [1.54, 1.807) is 0 Å². The molecule has 0 aliphatic rings. The van der Waals surface area contributed by atoms with E-state index in [2.05, 4.69) is 212 Å². The number of rotatable bonds is 9. The van der Waals surface area contributed by atoms with Crippen LogP contribution in [0.5, 0.6) is 0 Å². The monoisotopic (exact) mass is 822 g/mol. The molecule has 0 aliphatic carbocycles. The zero-order valence-electron chi connectivity index (χ0n) is 34.8. The zero-order chi connectivity index (χ0) is 42.2. The fourth-order valence-corrected chi connectivity index (χ4v) is 14.2. The molecule has 63 heavy (non-hydrogen) atoms. The lowest BCUT2D eigenvalue weighted by molar-refractivity contribution is 1.06. The van der Waals surface area contributed by atoms with Gasteiger partial charge in [0.1, 0.15) is 0 Å². The molecule has 0 aliphatic heterocycles. The van der Waals surface area contributed by atoms with E-state index in [0.717, 1.165) is 44.5 Å². The van der Waals surface area contributed by atoms with Gasteiger partial charge in [-0.25, -0.2) is 15.0 Å². The Kier molecular flexibility index (Phi) is 9.72. The molecule has 11 rings (SSSR count). The van der Waals surface area contributed by atoms with E-state index in [0.29, 0.717) is 17.5 Å². The minimum absolute atomic E-state index is 0.611. The number of benzene rings is 9. The van der Waals surface area contributed by atoms with Gasteiger partial charge in [0.15, 0.2) is 25.5 Å². The highest BCUT2D eigenvalue weighted by Crippen LogP contribution is 2.38. The number of nitrogens with zero attached hydrogens (tertiary/aromatic N) is 4. The molecule has 4 nitrogen and oxygen atoms in total. The Labute approximate surface area is 368 Å². The Balaban J connectivity index is 1.18. The average Bonchev–Trinajstić information content (AvgIpc) is 3.69. The Hall–Kier alpha value is -7.99. The molecule has 0 unspecified atom stereocenters. The van der Waals surface area contributed by atoms with Crippen molar-refractivity contribution in [2.24, 2.45) is 0 Å². The molecule has 0 radical (unpaired) electrons. The first-order valence-electron chi connectivity index (χ1n) is 21.4. The molecule has 0 atom stereocenters. The summed E-state index contributed by atoms with van der Waals surface area (Å²) in [6.45, 7) is 2.16. The van der Waals surface area contributed by atoms with Gasteiger partial charge in [-0.1, -0.05) is 212 Å². The molecule has 2 aromatic heterocycles. The maximum Gasteiger partial charge on any atom is 0.179 e. The summed E-state index contributed by atoms with van der Waals surface area (Å²) in [7, 11) is -2.78. The van der Waals surface area contributed by atoms with Crippen LogP contribution in [0.15, 0.2) is 237 Å². The third kappa shape index (κ3) is 6.76. The second kappa shape index (κ2) is 16.1. The minimum atomic E-state index is -2.78. The lowest BCUT2D eigenvalue weighted by Crippen LogP contribution is -2.74. The van der Waals surface area contributed by atoms with Crippen LogP contribution < -0.4 is 20.7 Å². The maximum absolute atomic E-state index is 5.26. The Morgan fingerprint density at radius 2 is 0.794 bits per heavy atom. The lowest BCUT2D eigenvalue weighted by atomic mass is 10.0. The van der Waals surface area contributed by atoms with E-state index in [1.807, 2.05) is 36.4 Å². The van der Waals surface area contributed by atoms with Crippen molar-refractivity contribution in [3.8, 4) is 51.0 Å². The van der Waals surface area contributed by atoms with Crippen LogP contribution in [0.2, 0.25) is 0 Å². The Morgan fingerprint density at radius 1 is 0.333 bits per heavy atom. The largest absolute Gasteiger partial charge is 0.308 e. The summed E-state index contributed by atoms with van der Waals surface area (Å²) in [5, 5.41) is 7.75. The molecule has 2 heterocycles. The summed E-state index contributed by atoms with van der Waals surface area (Å²) in [4.78, 5) is 15.6. The van der Waals surface area contributed by atoms with E-state index in [1.165, 1.54) is 37.1 Å². The molecule has 0 amide bonds. The number of hydrogen-bond acceptors (Lipinski definition) is 3. The van der Waals surface area contributed by atoms with Crippen molar-refractivity contribution in [3.05, 3.63) is 242 Å². The summed E-state index contributed by atoms with van der Waals surface area (Å²) in [6.07, 6.45) is 0. The van der Waals surface area contributed by atoms with Gasteiger partial charge in [0, 0.05) is 27.5 Å². The molecule has 0 spiro atoms. The van der Waals surface area contributed by atoms with Crippen molar-refractivity contribution in [1.29, 1.82) is 0 Å². The second-order valence-corrected chi connectivity index (χ2v) is 19.9. The van der Waals surface area contributed by atoms with Crippen molar-refractivity contribution in [2.45, 2.75) is 6.92 Å². The average molecular weight is 823 g/mol. The highest BCUT2D eigenvalue weighted by Gasteiger charge is 2.41. The first-order chi connectivity index (χ1) is 31.1. The molecule has 0 N–H and O–H groups in total. The standard InChI is InChI=1S/C58H42N4Si/c1-41-34-37-54-52(38-41)50-32-17-18-33-53(50)62(54)55-40-45(35-36-51(55)58-60-56(42-20-7-2-8-21-42)59-57(61-58)43-22-9-3-10-23-43)44-24-19-31-49(39-44)63(46-25-11-4-12-26-46,47-27-13-5-14-28-47)48-29-15-6-16-30-48/h2-40H,1H3. The summed E-state index contributed by atoms with van der Waals surface area (Å²) < 4.78 is 2.40. The van der Waals surface area contributed by atoms with E-state index in [-0.39, 0.29) is 0 Å². The molecule has 298 valence electrons. The van der Waals surface area contributed by atoms with E-state index in [9.17, 15) is 0 Å². The Bertz CT molecular complexity index is 3230. The van der Waals surface area contributed by atoms with Gasteiger partial charge in [0.25, 0.3) is 0 Å². The van der Waals surface area contributed by atoms with Crippen LogP contribution in [0.25, 0.3) is 72.8 Å². The van der Waals surface area contributed by atoms with Gasteiger partial charge in [-0.2, -0.15) is 0 Å². The normalized spacial score (nSPS) is 11.6. The van der Waals surface area contributed by atoms with Crippen molar-refractivity contribution >= 4 is 50.6 Å². The van der Waals surface area contributed by atoms with Crippen LogP contribution >= 0.6 is 0 Å². The van der Waals surface area contributed by atoms with Crippen molar-refractivity contribution in [1.82, 2.24) is 19.5 Å². The zero-order valence-corrected chi connectivity index (χ0v) is 35.8. The van der Waals surface area contributed by atoms with Gasteiger partial charge < -0.3 is 4.57 Å². The predicted molar refractivity (Wildman–Crippen MR) is 264 cm³/mol.